The van der Waals surface area contributed by atoms with Crippen LogP contribution in [0, 0.1) is 0 Å². The van der Waals surface area contributed by atoms with Crippen molar-refractivity contribution in [2.45, 2.75) is 6.54 Å². The first kappa shape index (κ1) is 16.6. The summed E-state index contributed by atoms with van der Waals surface area (Å²) in [6, 6.07) is 10.1. The monoisotopic (exact) mass is 358 g/mol. The van der Waals surface area contributed by atoms with Crippen molar-refractivity contribution in [2.75, 3.05) is 10.6 Å². The molecule has 3 aromatic rings. The highest BCUT2D eigenvalue weighted by Crippen LogP contribution is 2.25. The third kappa shape index (κ3) is 3.99. The molecule has 0 atom stereocenters. The third-order valence-electron chi connectivity index (χ3n) is 3.42. The van der Waals surface area contributed by atoms with Gasteiger partial charge in [-0.25, -0.2) is 0 Å². The van der Waals surface area contributed by atoms with Gasteiger partial charge in [-0.2, -0.15) is 5.10 Å². The number of nitrogens with zero attached hydrogens (tertiary/aromatic N) is 1. The summed E-state index contributed by atoms with van der Waals surface area (Å²) < 4.78 is 0. The molecule has 0 aliphatic heterocycles. The first-order chi connectivity index (χ1) is 12.0. The number of anilines is 3. The lowest BCUT2D eigenvalue weighted by molar-refractivity contribution is 0.100. The largest absolute Gasteiger partial charge is 0.365 e. The Morgan fingerprint density at radius 1 is 1.28 bits per heavy atom. The van der Waals surface area contributed by atoms with E-state index >= 15 is 0 Å². The molecule has 0 saturated carbocycles. The smallest absolute Gasteiger partial charge is 0.256 e. The van der Waals surface area contributed by atoms with E-state index in [0.29, 0.717) is 28.9 Å². The second-order valence-electron chi connectivity index (χ2n) is 5.24. The van der Waals surface area contributed by atoms with E-state index in [0.717, 1.165) is 5.56 Å². The summed E-state index contributed by atoms with van der Waals surface area (Å²) in [6.07, 6.45) is 1.58. The molecule has 0 aliphatic rings. The number of carbonyl (C=O) groups excluding carboxylic acids is 1. The summed E-state index contributed by atoms with van der Waals surface area (Å²) >= 11 is 5.95. The summed E-state index contributed by atoms with van der Waals surface area (Å²) in [5.41, 5.74) is 7.00. The van der Waals surface area contributed by atoms with Crippen LogP contribution in [0.2, 0.25) is 5.02 Å². The minimum Gasteiger partial charge on any atom is -0.365 e. The Morgan fingerprint density at radius 3 is 2.80 bits per heavy atom. The molecule has 0 aliphatic carbocycles. The van der Waals surface area contributed by atoms with Crippen LogP contribution in [0.25, 0.3) is 0 Å². The fourth-order valence-corrected chi connectivity index (χ4v) is 2.44. The summed E-state index contributed by atoms with van der Waals surface area (Å²) in [6.45, 7) is 0.360. The number of H-pyrrole nitrogens is 2. The maximum Gasteiger partial charge on any atom is 0.256 e. The molecule has 2 aromatic heterocycles. The molecule has 128 valence electrons. The molecular weight excluding hydrogens is 344 g/mol. The average Bonchev–Trinajstić information content (AvgIpc) is 2.97. The Kier molecular flexibility index (Phi) is 4.71. The van der Waals surface area contributed by atoms with Crippen molar-refractivity contribution in [1.29, 1.82) is 0 Å². The molecule has 6 N–H and O–H groups in total. The van der Waals surface area contributed by atoms with Crippen molar-refractivity contribution >= 4 is 34.8 Å². The van der Waals surface area contributed by atoms with Crippen LogP contribution in [0.5, 0.6) is 0 Å². The summed E-state index contributed by atoms with van der Waals surface area (Å²) in [4.78, 5) is 25.5. The number of rotatable bonds is 6. The average molecular weight is 359 g/mol. The molecule has 25 heavy (non-hydrogen) atoms. The Labute approximate surface area is 147 Å². The molecule has 1 aromatic carbocycles. The van der Waals surface area contributed by atoms with Crippen LogP contribution in [-0.2, 0) is 6.54 Å². The fraction of sp³-hybridized carbons (Fsp3) is 0.0625. The van der Waals surface area contributed by atoms with E-state index in [2.05, 4.69) is 25.8 Å². The van der Waals surface area contributed by atoms with E-state index in [-0.39, 0.29) is 11.1 Å². The van der Waals surface area contributed by atoms with Gasteiger partial charge in [0.25, 0.3) is 5.91 Å². The number of hydrogen-bond donors (Lipinski definition) is 5. The SMILES string of the molecule is NC(=O)c1c(NCc2ccc(=O)[nH]c2)n[nH]c1Nc1cccc(Cl)c1. The summed E-state index contributed by atoms with van der Waals surface area (Å²) in [7, 11) is 0. The number of amides is 1. The molecule has 1 amide bonds. The molecule has 9 heteroatoms. The van der Waals surface area contributed by atoms with E-state index in [9.17, 15) is 9.59 Å². The molecule has 0 unspecified atom stereocenters. The zero-order chi connectivity index (χ0) is 17.8. The van der Waals surface area contributed by atoms with Gasteiger partial charge in [0.05, 0.1) is 0 Å². The number of nitrogens with two attached hydrogens (primary N) is 1. The van der Waals surface area contributed by atoms with Gasteiger partial charge in [0.2, 0.25) is 5.56 Å². The van der Waals surface area contributed by atoms with E-state index in [1.165, 1.54) is 6.07 Å². The Hall–Kier alpha value is -3.26. The molecule has 0 bridgehead atoms. The van der Waals surface area contributed by atoms with Gasteiger partial charge >= 0.3 is 0 Å². The predicted molar refractivity (Wildman–Crippen MR) is 96.2 cm³/mol. The van der Waals surface area contributed by atoms with Gasteiger partial charge in [-0.1, -0.05) is 23.7 Å². The minimum absolute atomic E-state index is 0.186. The molecule has 3 rings (SSSR count). The number of primary amides is 1. The molecule has 2 heterocycles. The van der Waals surface area contributed by atoms with Crippen molar-refractivity contribution < 1.29 is 4.79 Å². The van der Waals surface area contributed by atoms with Gasteiger partial charge in [-0.3, -0.25) is 14.7 Å². The topological polar surface area (TPSA) is 129 Å². The van der Waals surface area contributed by atoms with Crippen molar-refractivity contribution in [3.63, 3.8) is 0 Å². The van der Waals surface area contributed by atoms with E-state index in [1.807, 2.05) is 0 Å². The normalized spacial score (nSPS) is 10.4. The highest BCUT2D eigenvalue weighted by Gasteiger charge is 2.18. The summed E-state index contributed by atoms with van der Waals surface area (Å²) in [5, 5.41) is 13.4. The number of halogens is 1. The maximum atomic E-state index is 11.8. The molecule has 0 radical (unpaired) electrons. The summed E-state index contributed by atoms with van der Waals surface area (Å²) in [5.74, 6) is 0.0317. The Bertz CT molecular complexity index is 945. The number of pyridine rings is 1. The third-order valence-corrected chi connectivity index (χ3v) is 3.65. The molecule has 0 fully saturated rings. The van der Waals surface area contributed by atoms with E-state index in [1.54, 1.807) is 36.5 Å². The Morgan fingerprint density at radius 2 is 2.12 bits per heavy atom. The number of benzene rings is 1. The van der Waals surface area contributed by atoms with Gasteiger partial charge in [0, 0.05) is 29.5 Å². The second kappa shape index (κ2) is 7.10. The fourth-order valence-electron chi connectivity index (χ4n) is 2.25. The number of hydrogen-bond acceptors (Lipinski definition) is 5. The standard InChI is InChI=1S/C16H15ClN6O2/c17-10-2-1-3-11(6-10)21-16-13(14(18)25)15(22-23-16)20-8-9-4-5-12(24)19-7-9/h1-7H,8H2,(H2,18,25)(H,19,24)(H3,20,21,22,23). The lowest BCUT2D eigenvalue weighted by Gasteiger charge is -2.07. The zero-order valence-corrected chi connectivity index (χ0v) is 13.7. The number of nitrogens with one attached hydrogen (secondary N) is 4. The maximum absolute atomic E-state index is 11.8. The first-order valence-electron chi connectivity index (χ1n) is 7.35. The lowest BCUT2D eigenvalue weighted by Crippen LogP contribution is -2.15. The van der Waals surface area contributed by atoms with Crippen LogP contribution in [0.1, 0.15) is 15.9 Å². The van der Waals surface area contributed by atoms with Crippen LogP contribution in [0.4, 0.5) is 17.3 Å². The van der Waals surface area contributed by atoms with Gasteiger partial charge in [-0.15, -0.1) is 0 Å². The van der Waals surface area contributed by atoms with Gasteiger partial charge in [0.1, 0.15) is 11.4 Å². The van der Waals surface area contributed by atoms with Crippen molar-refractivity contribution in [3.8, 4) is 0 Å². The molecular formula is C16H15ClN6O2. The van der Waals surface area contributed by atoms with Crippen LogP contribution >= 0.6 is 11.6 Å². The van der Waals surface area contributed by atoms with E-state index < -0.39 is 5.91 Å². The highest BCUT2D eigenvalue weighted by atomic mass is 35.5. The van der Waals surface area contributed by atoms with Crippen molar-refractivity contribution in [3.05, 3.63) is 69.1 Å². The first-order valence-corrected chi connectivity index (χ1v) is 7.73. The Balaban J connectivity index is 1.80. The lowest BCUT2D eigenvalue weighted by atomic mass is 10.2. The van der Waals surface area contributed by atoms with Gasteiger partial charge in [0.15, 0.2) is 5.82 Å². The van der Waals surface area contributed by atoms with Gasteiger partial charge in [-0.05, 0) is 23.8 Å². The van der Waals surface area contributed by atoms with Crippen LogP contribution < -0.4 is 21.9 Å². The predicted octanol–water partition coefficient (Wildman–Crippen LogP) is 2.21. The quantitative estimate of drug-likeness (QED) is 0.461. The number of aromatic nitrogens is 3. The minimum atomic E-state index is -0.637. The van der Waals surface area contributed by atoms with Crippen molar-refractivity contribution in [2.24, 2.45) is 5.73 Å². The van der Waals surface area contributed by atoms with Crippen LogP contribution in [0.3, 0.4) is 0 Å². The molecule has 8 nitrogen and oxygen atoms in total. The van der Waals surface area contributed by atoms with Crippen molar-refractivity contribution in [1.82, 2.24) is 15.2 Å². The van der Waals surface area contributed by atoms with Crippen LogP contribution in [0.15, 0.2) is 47.4 Å². The molecule has 0 saturated heterocycles. The zero-order valence-electron chi connectivity index (χ0n) is 13.0. The number of aromatic amines is 2. The van der Waals surface area contributed by atoms with E-state index in [4.69, 9.17) is 17.3 Å². The second-order valence-corrected chi connectivity index (χ2v) is 5.67. The highest BCUT2D eigenvalue weighted by molar-refractivity contribution is 6.30. The number of carbonyl (C=O) groups is 1. The van der Waals surface area contributed by atoms with Crippen LogP contribution in [-0.4, -0.2) is 21.1 Å². The molecule has 0 spiro atoms. The van der Waals surface area contributed by atoms with Gasteiger partial charge < -0.3 is 21.4 Å².